The lowest BCUT2D eigenvalue weighted by Gasteiger charge is -2.17. The van der Waals surface area contributed by atoms with Crippen molar-refractivity contribution in [2.24, 2.45) is 0 Å². The van der Waals surface area contributed by atoms with Crippen molar-refractivity contribution in [2.75, 3.05) is 30.4 Å². The number of anilines is 3. The second kappa shape index (κ2) is 7.84. The van der Waals surface area contributed by atoms with E-state index in [0.717, 1.165) is 16.8 Å². The number of hydrogen-bond donors (Lipinski definition) is 2. The first kappa shape index (κ1) is 18.2. The van der Waals surface area contributed by atoms with Gasteiger partial charge in [0.25, 0.3) is 0 Å². The summed E-state index contributed by atoms with van der Waals surface area (Å²) < 4.78 is 1.78. The lowest BCUT2D eigenvalue weighted by molar-refractivity contribution is 0.303. The normalized spacial score (nSPS) is 11.0. The minimum atomic E-state index is 0.00971. The van der Waals surface area contributed by atoms with Crippen LogP contribution in [0, 0.1) is 0 Å². The van der Waals surface area contributed by atoms with Crippen LogP contribution in [-0.2, 0) is 0 Å². The van der Waals surface area contributed by atoms with Crippen LogP contribution in [0.1, 0.15) is 0 Å². The van der Waals surface area contributed by atoms with Gasteiger partial charge in [-0.05, 0) is 36.4 Å². The predicted octanol–water partition coefficient (Wildman–Crippen LogP) is 3.64. The van der Waals surface area contributed by atoms with E-state index in [-0.39, 0.29) is 6.61 Å². The largest absolute Gasteiger partial charge is 0.395 e. The number of fused-ring (bicyclic) bond motifs is 1. The van der Waals surface area contributed by atoms with Crippen LogP contribution in [0.4, 0.5) is 17.5 Å². The zero-order chi connectivity index (χ0) is 19.5. The van der Waals surface area contributed by atoms with E-state index in [1.807, 2.05) is 61.6 Å². The van der Waals surface area contributed by atoms with Crippen molar-refractivity contribution in [2.45, 2.75) is 0 Å². The molecule has 142 valence electrons. The fourth-order valence-electron chi connectivity index (χ4n) is 2.84. The van der Waals surface area contributed by atoms with Crippen LogP contribution in [0.3, 0.4) is 0 Å². The van der Waals surface area contributed by atoms with Gasteiger partial charge in [-0.15, -0.1) is 0 Å². The first-order valence-corrected chi connectivity index (χ1v) is 9.19. The number of aromatic nitrogens is 4. The van der Waals surface area contributed by atoms with Gasteiger partial charge in [-0.1, -0.05) is 29.8 Å². The third-order valence-corrected chi connectivity index (χ3v) is 4.55. The standard InChI is InChI=1S/C20H19ClN6O/c1-26(11-12-28)20-24-18(23-15-9-7-14(21)8-10-15)17-13-22-27(19(17)25-20)16-5-3-2-4-6-16/h2-10,13,28H,11-12H2,1H3,(H,23,24,25). The van der Waals surface area contributed by atoms with Crippen molar-refractivity contribution in [1.29, 1.82) is 0 Å². The van der Waals surface area contributed by atoms with Crippen LogP contribution < -0.4 is 10.2 Å². The minimum absolute atomic E-state index is 0.00971. The molecule has 0 saturated heterocycles. The van der Waals surface area contributed by atoms with Crippen LogP contribution in [0.15, 0.2) is 60.8 Å². The molecule has 0 aliphatic rings. The maximum Gasteiger partial charge on any atom is 0.229 e. The summed E-state index contributed by atoms with van der Waals surface area (Å²) in [6, 6.07) is 17.2. The Labute approximate surface area is 167 Å². The topological polar surface area (TPSA) is 79.1 Å². The molecule has 0 spiro atoms. The Balaban J connectivity index is 1.85. The summed E-state index contributed by atoms with van der Waals surface area (Å²) in [4.78, 5) is 11.1. The van der Waals surface area contributed by atoms with Crippen LogP contribution in [0.25, 0.3) is 16.7 Å². The van der Waals surface area contributed by atoms with E-state index in [4.69, 9.17) is 11.6 Å². The van der Waals surface area contributed by atoms with Crippen molar-refractivity contribution in [3.8, 4) is 5.69 Å². The Morgan fingerprint density at radius 1 is 1.07 bits per heavy atom. The van der Waals surface area contributed by atoms with E-state index in [2.05, 4.69) is 20.4 Å². The molecule has 0 amide bonds. The van der Waals surface area contributed by atoms with Crippen molar-refractivity contribution in [1.82, 2.24) is 19.7 Å². The molecule has 4 rings (SSSR count). The fraction of sp³-hybridized carbons (Fsp3) is 0.150. The third kappa shape index (κ3) is 3.62. The second-order valence-corrected chi connectivity index (χ2v) is 6.71. The average Bonchev–Trinajstić information content (AvgIpc) is 3.15. The highest BCUT2D eigenvalue weighted by Crippen LogP contribution is 2.28. The summed E-state index contributed by atoms with van der Waals surface area (Å²) in [5.74, 6) is 1.13. The molecule has 0 aliphatic carbocycles. The number of nitrogens with one attached hydrogen (secondary N) is 1. The van der Waals surface area contributed by atoms with Gasteiger partial charge in [0.15, 0.2) is 5.65 Å². The monoisotopic (exact) mass is 394 g/mol. The van der Waals surface area contributed by atoms with Gasteiger partial charge < -0.3 is 15.3 Å². The molecule has 28 heavy (non-hydrogen) atoms. The second-order valence-electron chi connectivity index (χ2n) is 6.28. The fourth-order valence-corrected chi connectivity index (χ4v) is 2.97. The Hall–Kier alpha value is -3.16. The van der Waals surface area contributed by atoms with E-state index in [1.54, 1.807) is 15.8 Å². The number of hydrogen-bond acceptors (Lipinski definition) is 6. The first-order valence-electron chi connectivity index (χ1n) is 8.81. The van der Waals surface area contributed by atoms with Gasteiger partial charge in [0.1, 0.15) is 5.82 Å². The molecule has 0 bridgehead atoms. The smallest absolute Gasteiger partial charge is 0.229 e. The maximum absolute atomic E-state index is 9.29. The number of likely N-dealkylation sites (N-methyl/N-ethyl adjacent to an activating group) is 1. The number of halogens is 1. The van der Waals surface area contributed by atoms with E-state index < -0.39 is 0 Å². The molecule has 2 aromatic heterocycles. The van der Waals surface area contributed by atoms with E-state index in [1.165, 1.54) is 0 Å². The van der Waals surface area contributed by atoms with Crippen molar-refractivity contribution < 1.29 is 5.11 Å². The Morgan fingerprint density at radius 2 is 1.82 bits per heavy atom. The first-order chi connectivity index (χ1) is 13.7. The van der Waals surface area contributed by atoms with E-state index in [0.29, 0.717) is 29.0 Å². The van der Waals surface area contributed by atoms with Gasteiger partial charge in [0.05, 0.1) is 23.9 Å². The summed E-state index contributed by atoms with van der Waals surface area (Å²) in [6.07, 6.45) is 1.75. The maximum atomic E-state index is 9.29. The van der Waals surface area contributed by atoms with E-state index in [9.17, 15) is 5.11 Å². The molecule has 2 aromatic carbocycles. The number of aliphatic hydroxyl groups excluding tert-OH is 1. The zero-order valence-electron chi connectivity index (χ0n) is 15.2. The molecule has 2 heterocycles. The average molecular weight is 395 g/mol. The van der Waals surface area contributed by atoms with Gasteiger partial charge in [-0.3, -0.25) is 0 Å². The number of para-hydroxylation sites is 1. The van der Waals surface area contributed by atoms with Crippen molar-refractivity contribution in [3.63, 3.8) is 0 Å². The highest BCUT2D eigenvalue weighted by molar-refractivity contribution is 6.30. The van der Waals surface area contributed by atoms with Crippen LogP contribution in [-0.4, -0.2) is 45.1 Å². The third-order valence-electron chi connectivity index (χ3n) is 4.30. The molecule has 0 unspecified atom stereocenters. The summed E-state index contributed by atoms with van der Waals surface area (Å²) >= 11 is 5.99. The summed E-state index contributed by atoms with van der Waals surface area (Å²) in [7, 11) is 1.84. The molecule has 0 radical (unpaired) electrons. The summed E-state index contributed by atoms with van der Waals surface area (Å²) in [6.45, 7) is 0.432. The highest BCUT2D eigenvalue weighted by atomic mass is 35.5. The molecule has 0 aliphatic heterocycles. The molecule has 0 atom stereocenters. The van der Waals surface area contributed by atoms with Gasteiger partial charge >= 0.3 is 0 Å². The number of nitrogens with zero attached hydrogens (tertiary/aromatic N) is 5. The minimum Gasteiger partial charge on any atom is -0.395 e. The summed E-state index contributed by atoms with van der Waals surface area (Å²) in [5, 5.41) is 18.6. The van der Waals surface area contributed by atoms with Crippen LogP contribution in [0.5, 0.6) is 0 Å². The van der Waals surface area contributed by atoms with E-state index >= 15 is 0 Å². The molecule has 7 nitrogen and oxygen atoms in total. The molecule has 2 N–H and O–H groups in total. The highest BCUT2D eigenvalue weighted by Gasteiger charge is 2.16. The number of aliphatic hydroxyl groups is 1. The van der Waals surface area contributed by atoms with Gasteiger partial charge in [-0.25, -0.2) is 4.68 Å². The quantitative estimate of drug-likeness (QED) is 0.519. The van der Waals surface area contributed by atoms with Gasteiger partial charge in [-0.2, -0.15) is 15.1 Å². The molecule has 4 aromatic rings. The SMILES string of the molecule is CN(CCO)c1nc(Nc2ccc(Cl)cc2)c2cnn(-c3ccccc3)c2n1. The molecule has 8 heteroatoms. The predicted molar refractivity (Wildman–Crippen MR) is 112 cm³/mol. The van der Waals surface area contributed by atoms with Crippen molar-refractivity contribution >= 4 is 40.1 Å². The lowest BCUT2D eigenvalue weighted by Crippen LogP contribution is -2.23. The lowest BCUT2D eigenvalue weighted by atomic mass is 10.3. The number of benzene rings is 2. The van der Waals surface area contributed by atoms with Crippen LogP contribution >= 0.6 is 11.6 Å². The Bertz CT molecular complexity index is 1080. The molecule has 0 saturated carbocycles. The van der Waals surface area contributed by atoms with Gasteiger partial charge in [0.2, 0.25) is 5.95 Å². The molecule has 0 fully saturated rings. The Kier molecular flexibility index (Phi) is 5.10. The van der Waals surface area contributed by atoms with Crippen LogP contribution in [0.2, 0.25) is 5.02 Å². The Morgan fingerprint density at radius 3 is 2.54 bits per heavy atom. The summed E-state index contributed by atoms with van der Waals surface area (Å²) in [5.41, 5.74) is 2.44. The van der Waals surface area contributed by atoms with Gasteiger partial charge in [0, 0.05) is 24.3 Å². The molecular weight excluding hydrogens is 376 g/mol. The molecular formula is C20H19ClN6O. The zero-order valence-corrected chi connectivity index (χ0v) is 16.0. The number of rotatable bonds is 6. The van der Waals surface area contributed by atoms with Crippen molar-refractivity contribution in [3.05, 3.63) is 65.8 Å².